The Bertz CT molecular complexity index is 1420. The summed E-state index contributed by atoms with van der Waals surface area (Å²) in [5, 5.41) is 0. The molecule has 1 aromatic heterocycles. The number of ether oxygens (including phenoxy) is 1. The second-order valence-corrected chi connectivity index (χ2v) is 9.68. The van der Waals surface area contributed by atoms with Gasteiger partial charge in [0.1, 0.15) is 0 Å². The van der Waals surface area contributed by atoms with Crippen molar-refractivity contribution in [1.29, 1.82) is 0 Å². The van der Waals surface area contributed by atoms with Crippen LogP contribution in [0.5, 0.6) is 0 Å². The lowest BCUT2D eigenvalue weighted by Crippen LogP contribution is -2.39. The van der Waals surface area contributed by atoms with Gasteiger partial charge in [-0.2, -0.15) is 0 Å². The largest absolute Gasteiger partial charge is 0.463 e. The molecule has 2 aromatic carbocycles. The first kappa shape index (κ1) is 23.2. The third-order valence-corrected chi connectivity index (χ3v) is 7.00. The van der Waals surface area contributed by atoms with Gasteiger partial charge in [0.25, 0.3) is 5.56 Å². The first-order valence-electron chi connectivity index (χ1n) is 10.5. The molecular weight excluding hydrogens is 502 g/mol. The van der Waals surface area contributed by atoms with E-state index in [0.29, 0.717) is 20.6 Å². The minimum Gasteiger partial charge on any atom is -0.463 e. The van der Waals surface area contributed by atoms with E-state index >= 15 is 0 Å². The van der Waals surface area contributed by atoms with E-state index in [4.69, 9.17) is 4.74 Å². The number of aromatic nitrogens is 1. The van der Waals surface area contributed by atoms with Crippen molar-refractivity contribution in [3.8, 4) is 0 Å². The van der Waals surface area contributed by atoms with Gasteiger partial charge in [-0.3, -0.25) is 9.36 Å². The molecule has 33 heavy (non-hydrogen) atoms. The summed E-state index contributed by atoms with van der Waals surface area (Å²) < 4.78 is 8.42. The number of allylic oxidation sites excluding steroid dienone is 1. The van der Waals surface area contributed by atoms with Crippen molar-refractivity contribution >= 4 is 45.0 Å². The van der Waals surface area contributed by atoms with Gasteiger partial charge in [0.15, 0.2) is 4.80 Å². The molecular formula is C25H24BrN3O3S. The van der Waals surface area contributed by atoms with Crippen LogP contribution < -0.4 is 19.8 Å². The minimum atomic E-state index is -0.591. The molecule has 0 aliphatic carbocycles. The van der Waals surface area contributed by atoms with E-state index in [2.05, 4.69) is 20.9 Å². The summed E-state index contributed by atoms with van der Waals surface area (Å²) in [5.41, 5.74) is 3.55. The number of anilines is 1. The molecule has 0 saturated heterocycles. The number of halogens is 1. The van der Waals surface area contributed by atoms with Crippen LogP contribution in [0.3, 0.4) is 0 Å². The number of fused-ring (bicyclic) bond motifs is 1. The van der Waals surface area contributed by atoms with Gasteiger partial charge in [-0.05, 0) is 59.1 Å². The predicted octanol–water partition coefficient (Wildman–Crippen LogP) is 3.63. The molecule has 1 atom stereocenters. The van der Waals surface area contributed by atoms with Gasteiger partial charge >= 0.3 is 5.97 Å². The molecule has 0 amide bonds. The molecule has 0 N–H and O–H groups in total. The van der Waals surface area contributed by atoms with Crippen LogP contribution >= 0.6 is 27.3 Å². The third kappa shape index (κ3) is 4.45. The number of hydrogen-bond donors (Lipinski definition) is 0. The van der Waals surface area contributed by atoms with Gasteiger partial charge in [-0.15, -0.1) is 0 Å². The molecule has 6 nitrogen and oxygen atoms in total. The van der Waals surface area contributed by atoms with Crippen molar-refractivity contribution < 1.29 is 9.53 Å². The normalized spacial score (nSPS) is 15.8. The van der Waals surface area contributed by atoms with Gasteiger partial charge in [0.05, 0.1) is 34.1 Å². The third-order valence-electron chi connectivity index (χ3n) is 5.38. The van der Waals surface area contributed by atoms with Crippen LogP contribution in [0.1, 0.15) is 31.0 Å². The molecule has 4 rings (SSSR count). The Labute approximate surface area is 204 Å². The van der Waals surface area contributed by atoms with Crippen molar-refractivity contribution in [3.63, 3.8) is 0 Å². The molecule has 0 fully saturated rings. The summed E-state index contributed by atoms with van der Waals surface area (Å²) in [6, 6.07) is 14.9. The number of benzene rings is 2. The maximum atomic E-state index is 13.6. The molecule has 1 aliphatic rings. The van der Waals surface area contributed by atoms with Crippen molar-refractivity contribution in [2.24, 2.45) is 4.99 Å². The Morgan fingerprint density at radius 3 is 2.61 bits per heavy atom. The van der Waals surface area contributed by atoms with Crippen LogP contribution in [0.2, 0.25) is 0 Å². The Kier molecular flexibility index (Phi) is 6.67. The lowest BCUT2D eigenvalue weighted by molar-refractivity contribution is -0.139. The molecule has 0 saturated carbocycles. The Morgan fingerprint density at radius 2 is 1.97 bits per heavy atom. The molecule has 3 aromatic rings. The van der Waals surface area contributed by atoms with Crippen LogP contribution in [-0.2, 0) is 9.53 Å². The van der Waals surface area contributed by atoms with Crippen molar-refractivity contribution in [1.82, 2.24) is 4.57 Å². The quantitative estimate of drug-likeness (QED) is 0.477. The SMILES string of the molecule is CCOC(=O)C1=C(C)N=c2s/c(=C\c3ccc(N(C)C)c(Br)c3)c(=O)n2[C@H]1c1ccccc1. The fourth-order valence-corrected chi connectivity index (χ4v) is 5.67. The number of thiazole rings is 1. The zero-order valence-corrected chi connectivity index (χ0v) is 21.2. The first-order valence-corrected chi connectivity index (χ1v) is 12.1. The summed E-state index contributed by atoms with van der Waals surface area (Å²) in [4.78, 5) is 33.6. The second-order valence-electron chi connectivity index (χ2n) is 7.82. The van der Waals surface area contributed by atoms with Crippen LogP contribution in [0.25, 0.3) is 6.08 Å². The Morgan fingerprint density at radius 1 is 1.24 bits per heavy atom. The minimum absolute atomic E-state index is 0.185. The van der Waals surface area contributed by atoms with Gasteiger partial charge < -0.3 is 9.64 Å². The summed E-state index contributed by atoms with van der Waals surface area (Å²) in [5.74, 6) is -0.454. The summed E-state index contributed by atoms with van der Waals surface area (Å²) in [6.45, 7) is 3.80. The summed E-state index contributed by atoms with van der Waals surface area (Å²) in [7, 11) is 3.95. The monoisotopic (exact) mass is 525 g/mol. The zero-order valence-electron chi connectivity index (χ0n) is 18.8. The zero-order chi connectivity index (χ0) is 23.7. The summed E-state index contributed by atoms with van der Waals surface area (Å²) in [6.07, 6.45) is 1.86. The highest BCUT2D eigenvalue weighted by Gasteiger charge is 2.33. The van der Waals surface area contributed by atoms with E-state index in [-0.39, 0.29) is 12.2 Å². The van der Waals surface area contributed by atoms with Gasteiger partial charge in [0, 0.05) is 18.6 Å². The lowest BCUT2D eigenvalue weighted by atomic mass is 9.96. The molecule has 170 valence electrons. The van der Waals surface area contributed by atoms with Gasteiger partial charge in [0.2, 0.25) is 0 Å². The molecule has 0 bridgehead atoms. The summed E-state index contributed by atoms with van der Waals surface area (Å²) >= 11 is 4.92. The lowest BCUT2D eigenvalue weighted by Gasteiger charge is -2.24. The van der Waals surface area contributed by atoms with Gasteiger partial charge in [-0.1, -0.05) is 47.7 Å². The van der Waals surface area contributed by atoms with Crippen LogP contribution in [0.4, 0.5) is 5.69 Å². The molecule has 0 unspecified atom stereocenters. The predicted molar refractivity (Wildman–Crippen MR) is 135 cm³/mol. The Balaban J connectivity index is 1.91. The highest BCUT2D eigenvalue weighted by Crippen LogP contribution is 2.30. The van der Waals surface area contributed by atoms with E-state index in [1.54, 1.807) is 18.4 Å². The number of nitrogens with zero attached hydrogens (tertiary/aromatic N) is 3. The highest BCUT2D eigenvalue weighted by atomic mass is 79.9. The number of hydrogen-bond acceptors (Lipinski definition) is 6. The van der Waals surface area contributed by atoms with E-state index in [1.807, 2.05) is 73.6 Å². The van der Waals surface area contributed by atoms with Crippen molar-refractivity contribution in [2.75, 3.05) is 25.6 Å². The van der Waals surface area contributed by atoms with Crippen molar-refractivity contribution in [2.45, 2.75) is 19.9 Å². The second kappa shape index (κ2) is 9.49. The molecule has 0 spiro atoms. The molecule has 0 radical (unpaired) electrons. The molecule has 1 aliphatic heterocycles. The first-order chi connectivity index (χ1) is 15.8. The molecule has 2 heterocycles. The molecule has 8 heteroatoms. The van der Waals surface area contributed by atoms with Crippen molar-refractivity contribution in [3.05, 3.63) is 95.1 Å². The van der Waals surface area contributed by atoms with E-state index < -0.39 is 12.0 Å². The highest BCUT2D eigenvalue weighted by molar-refractivity contribution is 9.10. The van der Waals surface area contributed by atoms with Crippen LogP contribution in [0, 0.1) is 0 Å². The standard InChI is InChI=1S/C25H24BrN3O3S/c1-5-32-24(31)21-15(2)27-25-29(22(21)17-9-7-6-8-10-17)23(30)20(33-25)14-16-11-12-19(28(3)4)18(26)13-16/h6-14,22H,5H2,1-4H3/b20-14-/t22-/m0/s1. The maximum absolute atomic E-state index is 13.6. The van der Waals surface area contributed by atoms with E-state index in [1.165, 1.54) is 11.3 Å². The van der Waals surface area contributed by atoms with E-state index in [9.17, 15) is 9.59 Å². The maximum Gasteiger partial charge on any atom is 0.338 e. The van der Waals surface area contributed by atoms with Crippen LogP contribution in [-0.4, -0.2) is 31.2 Å². The fraction of sp³-hybridized carbons (Fsp3) is 0.240. The van der Waals surface area contributed by atoms with Crippen LogP contribution in [0.15, 0.2) is 74.1 Å². The number of carbonyl (C=O) groups excluding carboxylic acids is 1. The topological polar surface area (TPSA) is 63.9 Å². The number of esters is 1. The number of carbonyl (C=O) groups is 1. The van der Waals surface area contributed by atoms with E-state index in [0.717, 1.165) is 21.3 Å². The van der Waals surface area contributed by atoms with Gasteiger partial charge in [-0.25, -0.2) is 9.79 Å². The average Bonchev–Trinajstić information content (AvgIpc) is 3.07. The number of rotatable bonds is 5. The smallest absolute Gasteiger partial charge is 0.338 e. The Hall–Kier alpha value is -2.97. The fourth-order valence-electron chi connectivity index (χ4n) is 3.87. The average molecular weight is 526 g/mol.